The van der Waals surface area contributed by atoms with Crippen molar-refractivity contribution in [3.63, 3.8) is 0 Å². The van der Waals surface area contributed by atoms with E-state index in [1.54, 1.807) is 24.2 Å². The molecule has 0 radical (unpaired) electrons. The summed E-state index contributed by atoms with van der Waals surface area (Å²) in [5, 5.41) is 8.55. The largest absolute Gasteiger partial charge is 0.262 e. The summed E-state index contributed by atoms with van der Waals surface area (Å²) >= 11 is 1.70. The van der Waals surface area contributed by atoms with Crippen molar-refractivity contribution in [1.29, 1.82) is 0 Å². The van der Waals surface area contributed by atoms with Crippen LogP contribution < -0.4 is 0 Å². The maximum Gasteiger partial charge on any atom is 0.104 e. The van der Waals surface area contributed by atoms with Crippen molar-refractivity contribution in [1.82, 2.24) is 4.98 Å². The summed E-state index contributed by atoms with van der Waals surface area (Å²) in [5.74, 6) is 0. The predicted molar refractivity (Wildman–Crippen MR) is 76.1 cm³/mol. The van der Waals surface area contributed by atoms with Crippen LogP contribution in [0.15, 0.2) is 51.8 Å². The summed E-state index contributed by atoms with van der Waals surface area (Å²) in [7, 11) is 0. The van der Waals surface area contributed by atoms with Crippen molar-refractivity contribution in [3.05, 3.63) is 47.8 Å². The number of nitrogens with zero attached hydrogens (tertiary/aromatic N) is 3. The van der Waals surface area contributed by atoms with Crippen LogP contribution in [0.5, 0.6) is 0 Å². The number of hydrogen-bond acceptors (Lipinski definition) is 4. The zero-order valence-corrected chi connectivity index (χ0v) is 11.5. The first-order valence-corrected chi connectivity index (χ1v) is 6.90. The fourth-order valence-electron chi connectivity index (χ4n) is 1.80. The van der Waals surface area contributed by atoms with Crippen LogP contribution >= 0.6 is 11.8 Å². The molecule has 1 aromatic carbocycles. The van der Waals surface area contributed by atoms with E-state index < -0.39 is 0 Å². The second kappa shape index (κ2) is 5.78. The Morgan fingerprint density at radius 2 is 2.00 bits per heavy atom. The van der Waals surface area contributed by atoms with Gasteiger partial charge in [-0.1, -0.05) is 6.07 Å². The molecule has 18 heavy (non-hydrogen) atoms. The van der Waals surface area contributed by atoms with E-state index >= 15 is 0 Å². The van der Waals surface area contributed by atoms with Gasteiger partial charge in [0.2, 0.25) is 0 Å². The molecule has 0 saturated carbocycles. The van der Waals surface area contributed by atoms with Crippen LogP contribution in [0, 0.1) is 13.8 Å². The minimum Gasteiger partial charge on any atom is -0.262 e. The van der Waals surface area contributed by atoms with E-state index in [9.17, 15) is 0 Å². The highest BCUT2D eigenvalue weighted by Crippen LogP contribution is 2.33. The molecular formula is C14H15N3S. The number of hydrogen-bond donors (Lipinski definition) is 0. The molecule has 0 aliphatic heterocycles. The van der Waals surface area contributed by atoms with E-state index in [1.165, 1.54) is 16.0 Å². The lowest BCUT2D eigenvalue weighted by Gasteiger charge is -2.07. The maximum atomic E-state index is 4.33. The quantitative estimate of drug-likeness (QED) is 0.583. The molecule has 0 bridgehead atoms. The Hall–Kier alpha value is -1.68. The van der Waals surface area contributed by atoms with E-state index in [4.69, 9.17) is 0 Å². The lowest BCUT2D eigenvalue weighted by atomic mass is 10.1. The van der Waals surface area contributed by atoms with Crippen molar-refractivity contribution in [2.45, 2.75) is 18.7 Å². The number of rotatable bonds is 3. The Bertz CT molecular complexity index is 565. The first-order valence-electron chi connectivity index (χ1n) is 5.67. The van der Waals surface area contributed by atoms with Crippen molar-refractivity contribution in [2.75, 3.05) is 6.26 Å². The van der Waals surface area contributed by atoms with E-state index in [0.717, 1.165) is 11.4 Å². The Kier molecular flexibility index (Phi) is 4.10. The molecule has 1 heterocycles. The molecule has 0 saturated heterocycles. The summed E-state index contributed by atoms with van der Waals surface area (Å²) < 4.78 is 0. The van der Waals surface area contributed by atoms with Gasteiger partial charge in [0.1, 0.15) is 5.69 Å². The van der Waals surface area contributed by atoms with Gasteiger partial charge in [0.15, 0.2) is 0 Å². The average Bonchev–Trinajstić information content (AvgIpc) is 2.37. The maximum absolute atomic E-state index is 4.33. The highest BCUT2D eigenvalue weighted by Gasteiger charge is 2.05. The molecule has 0 fully saturated rings. The number of pyridine rings is 1. The van der Waals surface area contributed by atoms with Gasteiger partial charge < -0.3 is 0 Å². The van der Waals surface area contributed by atoms with E-state index in [2.05, 4.69) is 47.4 Å². The molecule has 2 rings (SSSR count). The number of aryl methyl sites for hydroxylation is 2. The molecule has 0 atom stereocenters. The van der Waals surface area contributed by atoms with Crippen LogP contribution in [0.3, 0.4) is 0 Å². The fourth-order valence-corrected chi connectivity index (χ4v) is 2.49. The Morgan fingerprint density at radius 3 is 2.67 bits per heavy atom. The van der Waals surface area contributed by atoms with Crippen LogP contribution in [-0.4, -0.2) is 11.2 Å². The highest BCUT2D eigenvalue weighted by molar-refractivity contribution is 7.98. The summed E-state index contributed by atoms with van der Waals surface area (Å²) in [4.78, 5) is 5.19. The van der Waals surface area contributed by atoms with Gasteiger partial charge in [0, 0.05) is 11.1 Å². The smallest absolute Gasteiger partial charge is 0.104 e. The minimum atomic E-state index is 0.767. The third kappa shape index (κ3) is 2.96. The summed E-state index contributed by atoms with van der Waals surface area (Å²) in [6.07, 6.45) is 5.48. The molecule has 0 spiro atoms. The zero-order valence-electron chi connectivity index (χ0n) is 10.7. The average molecular weight is 257 g/mol. The van der Waals surface area contributed by atoms with Crippen molar-refractivity contribution in [2.24, 2.45) is 10.2 Å². The molecular weight excluding hydrogens is 242 g/mol. The molecule has 0 aliphatic carbocycles. The molecule has 92 valence electrons. The summed E-state index contributed by atoms with van der Waals surface area (Å²) in [6.45, 7) is 4.17. The molecule has 3 nitrogen and oxygen atoms in total. The van der Waals surface area contributed by atoms with Crippen molar-refractivity contribution < 1.29 is 0 Å². The minimum absolute atomic E-state index is 0.767. The van der Waals surface area contributed by atoms with Gasteiger partial charge in [-0.3, -0.25) is 4.98 Å². The molecule has 0 unspecified atom stereocenters. The summed E-state index contributed by atoms with van der Waals surface area (Å²) in [5.41, 5.74) is 4.13. The van der Waals surface area contributed by atoms with Gasteiger partial charge in [-0.15, -0.1) is 22.0 Å². The highest BCUT2D eigenvalue weighted by atomic mass is 32.2. The fraction of sp³-hybridized carbons (Fsp3) is 0.214. The second-order valence-corrected chi connectivity index (χ2v) is 4.86. The number of azo groups is 1. The monoisotopic (exact) mass is 257 g/mol. The van der Waals surface area contributed by atoms with Crippen molar-refractivity contribution >= 4 is 23.1 Å². The predicted octanol–water partition coefficient (Wildman–Crippen LogP) is 4.84. The van der Waals surface area contributed by atoms with Crippen molar-refractivity contribution in [3.8, 4) is 0 Å². The van der Waals surface area contributed by atoms with E-state index in [-0.39, 0.29) is 0 Å². The Morgan fingerprint density at radius 1 is 1.17 bits per heavy atom. The van der Waals surface area contributed by atoms with E-state index in [0.29, 0.717) is 0 Å². The van der Waals surface area contributed by atoms with Crippen LogP contribution in [0.4, 0.5) is 11.4 Å². The lowest BCUT2D eigenvalue weighted by molar-refractivity contribution is 1.14. The molecule has 0 aliphatic rings. The first-order chi connectivity index (χ1) is 8.70. The molecule has 2 aromatic rings. The van der Waals surface area contributed by atoms with E-state index in [1.807, 2.05) is 12.1 Å². The lowest BCUT2D eigenvalue weighted by Crippen LogP contribution is -1.82. The van der Waals surface area contributed by atoms with Gasteiger partial charge >= 0.3 is 0 Å². The third-order valence-corrected chi connectivity index (χ3v) is 3.46. The number of benzene rings is 1. The second-order valence-electron chi connectivity index (χ2n) is 4.05. The van der Waals surface area contributed by atoms with Gasteiger partial charge in [0.25, 0.3) is 0 Å². The molecule has 0 N–H and O–H groups in total. The molecule has 1 aromatic heterocycles. The number of thioether (sulfide) groups is 1. The Balaban J connectivity index is 2.37. The van der Waals surface area contributed by atoms with Gasteiger partial charge in [-0.25, -0.2) is 0 Å². The SMILES string of the molecule is CSc1c(C)cc(C)cc1N=Nc1cccnc1. The Labute approximate surface area is 111 Å². The topological polar surface area (TPSA) is 37.6 Å². The summed E-state index contributed by atoms with van der Waals surface area (Å²) in [6, 6.07) is 7.96. The standard InChI is InChI=1S/C14H15N3S/c1-10-7-11(2)14(18-3)13(8-10)17-16-12-5-4-6-15-9-12/h4-9H,1-3H3. The first kappa shape index (κ1) is 12.8. The van der Waals surface area contributed by atoms with Crippen LogP contribution in [0.2, 0.25) is 0 Å². The van der Waals surface area contributed by atoms with Crippen LogP contribution in [-0.2, 0) is 0 Å². The van der Waals surface area contributed by atoms with Gasteiger partial charge in [0.05, 0.1) is 11.9 Å². The zero-order chi connectivity index (χ0) is 13.0. The third-order valence-electron chi connectivity index (χ3n) is 2.52. The number of aromatic nitrogens is 1. The van der Waals surface area contributed by atoms with Gasteiger partial charge in [-0.2, -0.15) is 0 Å². The molecule has 0 amide bonds. The molecule has 4 heteroatoms. The van der Waals surface area contributed by atoms with Crippen LogP contribution in [0.25, 0.3) is 0 Å². The van der Waals surface area contributed by atoms with Gasteiger partial charge in [-0.05, 0) is 49.4 Å². The van der Waals surface area contributed by atoms with Crippen LogP contribution in [0.1, 0.15) is 11.1 Å². The normalized spacial score (nSPS) is 11.1.